The first-order valence-corrected chi connectivity index (χ1v) is 6.83. The molecule has 0 aromatic heterocycles. The minimum absolute atomic E-state index is 0.235. The maximum Gasteiger partial charge on any atom is 0.310 e. The zero-order valence-electron chi connectivity index (χ0n) is 11.3. The average Bonchev–Trinajstić information content (AvgIpc) is 2.46. The Balaban J connectivity index is 2.19. The van der Waals surface area contributed by atoms with E-state index < -0.39 is 0 Å². The molecule has 0 spiro atoms. The van der Waals surface area contributed by atoms with Crippen LogP contribution in [0.5, 0.6) is 0 Å². The molecule has 1 fully saturated rings. The molecule has 0 bridgehead atoms. The predicted molar refractivity (Wildman–Crippen MR) is 76.5 cm³/mol. The predicted octanol–water partition coefficient (Wildman–Crippen LogP) is 1.95. The molecule has 1 aromatic rings. The lowest BCUT2D eigenvalue weighted by atomic mass is 9.97. The molecule has 2 N–H and O–H groups in total. The molecule has 1 unspecified atom stereocenters. The lowest BCUT2D eigenvalue weighted by Crippen LogP contribution is -2.42. The van der Waals surface area contributed by atoms with Crippen molar-refractivity contribution in [2.75, 3.05) is 25.9 Å². The molecule has 1 aliphatic heterocycles. The molecule has 0 saturated carbocycles. The molecule has 6 heteroatoms. The van der Waals surface area contributed by atoms with Gasteiger partial charge in [0.15, 0.2) is 0 Å². The van der Waals surface area contributed by atoms with Crippen LogP contribution in [0.1, 0.15) is 23.2 Å². The highest BCUT2D eigenvalue weighted by atomic mass is 35.5. The smallest absolute Gasteiger partial charge is 0.310 e. The Labute approximate surface area is 122 Å². The highest BCUT2D eigenvalue weighted by molar-refractivity contribution is 6.34. The van der Waals surface area contributed by atoms with E-state index in [0.29, 0.717) is 29.4 Å². The molecule has 1 aromatic carbocycles. The number of anilines is 1. The van der Waals surface area contributed by atoms with E-state index in [1.807, 2.05) is 0 Å². The Morgan fingerprint density at radius 3 is 2.85 bits per heavy atom. The zero-order valence-corrected chi connectivity index (χ0v) is 12.0. The topological polar surface area (TPSA) is 72.6 Å². The Morgan fingerprint density at radius 1 is 1.45 bits per heavy atom. The molecular formula is C14H17ClN2O3. The number of methoxy groups -OCH3 is 1. The number of rotatable bonds is 2. The molecular weight excluding hydrogens is 280 g/mol. The van der Waals surface area contributed by atoms with Crippen LogP contribution in [0.4, 0.5) is 5.69 Å². The summed E-state index contributed by atoms with van der Waals surface area (Å²) >= 11 is 6.05. The average molecular weight is 297 g/mol. The van der Waals surface area contributed by atoms with Crippen molar-refractivity contribution in [2.24, 2.45) is 5.92 Å². The minimum Gasteiger partial charge on any atom is -0.469 e. The lowest BCUT2D eigenvalue weighted by molar-refractivity contribution is -0.146. The maximum atomic E-state index is 12.5. The standard InChI is InChI=1S/C14H17ClN2O3/c1-20-14(19)9-4-3-7-17(8-9)13(18)12-10(15)5-2-6-11(12)16/h2,5-6,9H,3-4,7-8,16H2,1H3. The molecule has 108 valence electrons. The van der Waals surface area contributed by atoms with E-state index in [0.717, 1.165) is 12.8 Å². The second-order valence-corrected chi connectivity index (χ2v) is 5.22. The number of carbonyl (C=O) groups excluding carboxylic acids is 2. The number of hydrogen-bond acceptors (Lipinski definition) is 4. The molecule has 0 aliphatic carbocycles. The quantitative estimate of drug-likeness (QED) is 0.669. The van der Waals surface area contributed by atoms with E-state index in [1.165, 1.54) is 7.11 Å². The van der Waals surface area contributed by atoms with Crippen molar-refractivity contribution >= 4 is 29.2 Å². The third-order valence-corrected chi connectivity index (χ3v) is 3.82. The van der Waals surface area contributed by atoms with Gasteiger partial charge >= 0.3 is 5.97 Å². The molecule has 5 nitrogen and oxygen atoms in total. The van der Waals surface area contributed by atoms with E-state index >= 15 is 0 Å². The van der Waals surface area contributed by atoms with E-state index in [9.17, 15) is 9.59 Å². The van der Waals surface area contributed by atoms with Crippen molar-refractivity contribution in [2.45, 2.75) is 12.8 Å². The first-order valence-electron chi connectivity index (χ1n) is 6.45. The fourth-order valence-corrected chi connectivity index (χ4v) is 2.71. The minimum atomic E-state index is -0.283. The van der Waals surface area contributed by atoms with E-state index in [2.05, 4.69) is 0 Å². The highest BCUT2D eigenvalue weighted by Crippen LogP contribution is 2.26. The monoisotopic (exact) mass is 296 g/mol. The van der Waals surface area contributed by atoms with Crippen LogP contribution >= 0.6 is 11.6 Å². The van der Waals surface area contributed by atoms with Gasteiger partial charge in [-0.15, -0.1) is 0 Å². The van der Waals surface area contributed by atoms with Crippen molar-refractivity contribution in [3.05, 3.63) is 28.8 Å². The molecule has 2 rings (SSSR count). The summed E-state index contributed by atoms with van der Waals surface area (Å²) in [5, 5.41) is 0.329. The number of nitrogen functional groups attached to an aromatic ring is 1. The summed E-state index contributed by atoms with van der Waals surface area (Å²) < 4.78 is 4.74. The van der Waals surface area contributed by atoms with Crippen LogP contribution in [0.2, 0.25) is 5.02 Å². The summed E-state index contributed by atoms with van der Waals surface area (Å²) in [6.45, 7) is 0.938. The third-order valence-electron chi connectivity index (χ3n) is 3.50. The van der Waals surface area contributed by atoms with E-state index in [-0.39, 0.29) is 17.8 Å². The van der Waals surface area contributed by atoms with Gasteiger partial charge in [0.1, 0.15) is 0 Å². The number of likely N-dealkylation sites (tertiary alicyclic amines) is 1. The Hall–Kier alpha value is -1.75. The first kappa shape index (κ1) is 14.7. The summed E-state index contributed by atoms with van der Waals surface area (Å²) in [5.41, 5.74) is 6.48. The van der Waals surface area contributed by atoms with Crippen LogP contribution in [0.3, 0.4) is 0 Å². The van der Waals surface area contributed by atoms with Crippen molar-refractivity contribution < 1.29 is 14.3 Å². The highest BCUT2D eigenvalue weighted by Gasteiger charge is 2.30. The molecule has 1 heterocycles. The number of nitrogens with two attached hydrogens (primary N) is 1. The molecule has 1 saturated heterocycles. The Bertz CT molecular complexity index is 513. The van der Waals surface area contributed by atoms with E-state index in [1.54, 1.807) is 23.1 Å². The van der Waals surface area contributed by atoms with Gasteiger partial charge in [-0.3, -0.25) is 9.59 Å². The summed E-state index contributed by atoms with van der Waals surface area (Å²) in [6, 6.07) is 4.97. The molecule has 0 radical (unpaired) electrons. The molecule has 1 amide bonds. The number of piperidine rings is 1. The number of carbonyl (C=O) groups is 2. The van der Waals surface area contributed by atoms with Crippen LogP contribution in [0.25, 0.3) is 0 Å². The number of halogens is 1. The normalized spacial score (nSPS) is 18.7. The van der Waals surface area contributed by atoms with Gasteiger partial charge < -0.3 is 15.4 Å². The van der Waals surface area contributed by atoms with Crippen molar-refractivity contribution in [1.82, 2.24) is 4.90 Å². The Morgan fingerprint density at radius 2 is 2.20 bits per heavy atom. The fraction of sp³-hybridized carbons (Fsp3) is 0.429. The van der Waals surface area contributed by atoms with Crippen molar-refractivity contribution in [3.8, 4) is 0 Å². The van der Waals surface area contributed by atoms with Crippen LogP contribution in [-0.2, 0) is 9.53 Å². The van der Waals surface area contributed by atoms with Crippen molar-refractivity contribution in [3.63, 3.8) is 0 Å². The second-order valence-electron chi connectivity index (χ2n) is 4.82. The molecule has 1 atom stereocenters. The zero-order chi connectivity index (χ0) is 14.7. The molecule has 1 aliphatic rings. The van der Waals surface area contributed by atoms with Gasteiger partial charge in [-0.2, -0.15) is 0 Å². The van der Waals surface area contributed by atoms with Gasteiger partial charge in [0.25, 0.3) is 5.91 Å². The van der Waals surface area contributed by atoms with Crippen LogP contribution in [0.15, 0.2) is 18.2 Å². The van der Waals surface area contributed by atoms with Crippen LogP contribution < -0.4 is 5.73 Å². The SMILES string of the molecule is COC(=O)C1CCCN(C(=O)c2c(N)cccc2Cl)C1. The lowest BCUT2D eigenvalue weighted by Gasteiger charge is -2.31. The second kappa shape index (κ2) is 6.13. The van der Waals surface area contributed by atoms with Gasteiger partial charge in [0, 0.05) is 18.8 Å². The maximum absolute atomic E-state index is 12.5. The third kappa shape index (κ3) is 2.88. The number of amides is 1. The van der Waals surface area contributed by atoms with Gasteiger partial charge in [-0.05, 0) is 25.0 Å². The number of hydrogen-bond donors (Lipinski definition) is 1. The fourth-order valence-electron chi connectivity index (χ4n) is 2.45. The van der Waals surface area contributed by atoms with Gasteiger partial charge in [-0.25, -0.2) is 0 Å². The summed E-state index contributed by atoms with van der Waals surface area (Å²) in [4.78, 5) is 25.7. The van der Waals surface area contributed by atoms with E-state index in [4.69, 9.17) is 22.1 Å². The summed E-state index contributed by atoms with van der Waals surface area (Å²) in [5.74, 6) is -0.794. The van der Waals surface area contributed by atoms with Crippen LogP contribution in [0, 0.1) is 5.92 Å². The Kier molecular flexibility index (Phi) is 4.49. The van der Waals surface area contributed by atoms with Gasteiger partial charge in [0.2, 0.25) is 0 Å². The summed E-state index contributed by atoms with van der Waals surface area (Å²) in [7, 11) is 1.36. The summed E-state index contributed by atoms with van der Waals surface area (Å²) in [6.07, 6.45) is 1.49. The number of nitrogens with zero attached hydrogens (tertiary/aromatic N) is 1. The van der Waals surface area contributed by atoms with Gasteiger partial charge in [0.05, 0.1) is 23.6 Å². The number of ether oxygens (including phenoxy) is 1. The molecule has 20 heavy (non-hydrogen) atoms. The van der Waals surface area contributed by atoms with Gasteiger partial charge in [-0.1, -0.05) is 17.7 Å². The number of esters is 1. The number of benzene rings is 1. The first-order chi connectivity index (χ1) is 9.54. The van der Waals surface area contributed by atoms with Crippen LogP contribution in [-0.4, -0.2) is 37.0 Å². The van der Waals surface area contributed by atoms with Crippen molar-refractivity contribution in [1.29, 1.82) is 0 Å². The largest absolute Gasteiger partial charge is 0.469 e.